The quantitative estimate of drug-likeness (QED) is 0.573. The molecule has 4 nitrogen and oxygen atoms in total. The van der Waals surface area contributed by atoms with Gasteiger partial charge < -0.3 is 0 Å². The van der Waals surface area contributed by atoms with E-state index in [1.54, 1.807) is 18.3 Å². The number of hydrogen-bond donors (Lipinski definition) is 1. The average Bonchev–Trinajstić information content (AvgIpc) is 2.54. The maximum Gasteiger partial charge on any atom is 0.273 e. The highest BCUT2D eigenvalue weighted by atomic mass is 35.5. The van der Waals surface area contributed by atoms with Crippen molar-refractivity contribution >= 4 is 34.6 Å². The Balaban J connectivity index is 1.82. The second kappa shape index (κ2) is 6.81. The Morgan fingerprint density at radius 1 is 1.17 bits per heavy atom. The second-order valence-corrected chi connectivity index (χ2v) is 6.01. The van der Waals surface area contributed by atoms with Crippen molar-refractivity contribution in [2.45, 2.75) is 13.8 Å². The standard InChI is InChI=1S/C19H16ClN3O/c1-12-6-7-18-15(8-12)10-17(13(2)22-18)19(24)23-21-11-14-4-3-5-16(20)9-14/h3-11H,1-2H3,(H,23,24)/b21-11+. The number of hydrazone groups is 1. The van der Waals surface area contributed by atoms with Gasteiger partial charge in [0, 0.05) is 10.4 Å². The van der Waals surface area contributed by atoms with Crippen LogP contribution in [0.2, 0.25) is 5.02 Å². The zero-order valence-electron chi connectivity index (χ0n) is 13.4. The van der Waals surface area contributed by atoms with E-state index in [4.69, 9.17) is 11.6 Å². The van der Waals surface area contributed by atoms with Crippen LogP contribution in [0.5, 0.6) is 0 Å². The van der Waals surface area contributed by atoms with Crippen molar-refractivity contribution in [1.29, 1.82) is 0 Å². The number of fused-ring (bicyclic) bond motifs is 1. The van der Waals surface area contributed by atoms with Crippen LogP contribution >= 0.6 is 11.6 Å². The molecule has 1 heterocycles. The van der Waals surface area contributed by atoms with E-state index in [1.807, 2.05) is 50.2 Å². The van der Waals surface area contributed by atoms with Gasteiger partial charge in [-0.25, -0.2) is 5.43 Å². The molecule has 24 heavy (non-hydrogen) atoms. The molecule has 3 rings (SSSR count). The van der Waals surface area contributed by atoms with Gasteiger partial charge in [-0.15, -0.1) is 0 Å². The summed E-state index contributed by atoms with van der Waals surface area (Å²) in [4.78, 5) is 16.8. The molecule has 0 aliphatic rings. The molecular formula is C19H16ClN3O. The molecule has 1 aromatic heterocycles. The van der Waals surface area contributed by atoms with Crippen LogP contribution in [-0.2, 0) is 0 Å². The minimum absolute atomic E-state index is 0.290. The molecule has 0 bridgehead atoms. The molecule has 5 heteroatoms. The Bertz CT molecular complexity index is 950. The van der Waals surface area contributed by atoms with Gasteiger partial charge in [-0.1, -0.05) is 35.4 Å². The Hall–Kier alpha value is -2.72. The third-order valence-electron chi connectivity index (χ3n) is 3.63. The number of aryl methyl sites for hydroxylation is 2. The second-order valence-electron chi connectivity index (χ2n) is 5.57. The summed E-state index contributed by atoms with van der Waals surface area (Å²) in [6, 6.07) is 15.0. The van der Waals surface area contributed by atoms with E-state index in [1.165, 1.54) is 0 Å². The van der Waals surface area contributed by atoms with Crippen molar-refractivity contribution in [2.24, 2.45) is 5.10 Å². The Labute approximate surface area is 145 Å². The lowest BCUT2D eigenvalue weighted by Crippen LogP contribution is -2.19. The maximum absolute atomic E-state index is 12.4. The first-order chi connectivity index (χ1) is 11.5. The summed E-state index contributed by atoms with van der Waals surface area (Å²) < 4.78 is 0. The van der Waals surface area contributed by atoms with Gasteiger partial charge >= 0.3 is 0 Å². The van der Waals surface area contributed by atoms with Crippen molar-refractivity contribution in [2.75, 3.05) is 0 Å². The molecule has 0 saturated heterocycles. The van der Waals surface area contributed by atoms with Gasteiger partial charge in [0.25, 0.3) is 5.91 Å². The fraction of sp³-hybridized carbons (Fsp3) is 0.105. The normalized spacial score (nSPS) is 11.1. The highest BCUT2D eigenvalue weighted by Crippen LogP contribution is 2.18. The van der Waals surface area contributed by atoms with Crippen LogP contribution in [0, 0.1) is 13.8 Å². The number of amides is 1. The lowest BCUT2D eigenvalue weighted by atomic mass is 10.1. The summed E-state index contributed by atoms with van der Waals surface area (Å²) in [5, 5.41) is 5.54. The molecule has 2 aromatic carbocycles. The van der Waals surface area contributed by atoms with Crippen LogP contribution in [0.1, 0.15) is 27.2 Å². The van der Waals surface area contributed by atoms with Crippen molar-refractivity contribution in [3.63, 3.8) is 0 Å². The number of rotatable bonds is 3. The Morgan fingerprint density at radius 3 is 2.79 bits per heavy atom. The Morgan fingerprint density at radius 2 is 2.00 bits per heavy atom. The summed E-state index contributed by atoms with van der Waals surface area (Å²) in [7, 11) is 0. The summed E-state index contributed by atoms with van der Waals surface area (Å²) >= 11 is 5.91. The number of hydrogen-bond acceptors (Lipinski definition) is 3. The number of carbonyl (C=O) groups excluding carboxylic acids is 1. The number of aromatic nitrogens is 1. The lowest BCUT2D eigenvalue weighted by molar-refractivity contribution is 0.0954. The molecule has 0 fully saturated rings. The number of halogens is 1. The van der Waals surface area contributed by atoms with Crippen LogP contribution in [0.3, 0.4) is 0 Å². The topological polar surface area (TPSA) is 54.4 Å². The van der Waals surface area contributed by atoms with Crippen LogP contribution in [0.15, 0.2) is 53.6 Å². The number of nitrogens with one attached hydrogen (secondary N) is 1. The van der Waals surface area contributed by atoms with E-state index in [-0.39, 0.29) is 5.91 Å². The molecule has 0 atom stereocenters. The van der Waals surface area contributed by atoms with Crippen LogP contribution < -0.4 is 5.43 Å². The lowest BCUT2D eigenvalue weighted by Gasteiger charge is -2.07. The SMILES string of the molecule is Cc1ccc2nc(C)c(C(=O)N/N=C/c3cccc(Cl)c3)cc2c1. The van der Waals surface area contributed by atoms with Crippen molar-refractivity contribution in [3.05, 3.63) is 75.9 Å². The molecule has 0 aliphatic carbocycles. The van der Waals surface area contributed by atoms with Gasteiger partial charge in [-0.05, 0) is 49.7 Å². The first-order valence-electron chi connectivity index (χ1n) is 7.50. The average molecular weight is 338 g/mol. The first kappa shape index (κ1) is 16.1. The highest BCUT2D eigenvalue weighted by molar-refractivity contribution is 6.30. The predicted octanol–water partition coefficient (Wildman–Crippen LogP) is 4.27. The molecule has 0 saturated carbocycles. The minimum atomic E-state index is -0.290. The van der Waals surface area contributed by atoms with Crippen molar-refractivity contribution < 1.29 is 4.79 Å². The van der Waals surface area contributed by atoms with Crippen LogP contribution in [0.4, 0.5) is 0 Å². The van der Waals surface area contributed by atoms with Gasteiger partial charge in [-0.2, -0.15) is 5.10 Å². The number of carbonyl (C=O) groups is 1. The largest absolute Gasteiger partial charge is 0.273 e. The molecule has 1 amide bonds. The Kier molecular flexibility index (Phi) is 4.58. The van der Waals surface area contributed by atoms with E-state index >= 15 is 0 Å². The maximum atomic E-state index is 12.4. The predicted molar refractivity (Wildman–Crippen MR) is 97.7 cm³/mol. The molecule has 0 spiro atoms. The smallest absolute Gasteiger partial charge is 0.267 e. The number of benzene rings is 2. The van der Waals surface area contributed by atoms with Crippen molar-refractivity contribution in [3.8, 4) is 0 Å². The number of nitrogens with zero attached hydrogens (tertiary/aromatic N) is 2. The van der Waals surface area contributed by atoms with Crippen molar-refractivity contribution in [1.82, 2.24) is 10.4 Å². The molecule has 0 radical (unpaired) electrons. The van der Waals surface area contributed by atoms with Gasteiger partial charge in [0.1, 0.15) is 0 Å². The summed E-state index contributed by atoms with van der Waals surface area (Å²) in [6.45, 7) is 3.82. The molecular weight excluding hydrogens is 322 g/mol. The van der Waals surface area contributed by atoms with Gasteiger partial charge in [0.2, 0.25) is 0 Å². The molecule has 3 aromatic rings. The minimum Gasteiger partial charge on any atom is -0.267 e. The van der Waals surface area contributed by atoms with E-state index in [2.05, 4.69) is 15.5 Å². The third kappa shape index (κ3) is 3.60. The summed E-state index contributed by atoms with van der Waals surface area (Å²) in [5.41, 5.74) is 6.52. The monoisotopic (exact) mass is 337 g/mol. The van der Waals surface area contributed by atoms with Crippen LogP contribution in [0.25, 0.3) is 10.9 Å². The molecule has 0 unspecified atom stereocenters. The molecule has 1 N–H and O–H groups in total. The van der Waals surface area contributed by atoms with E-state index in [0.717, 1.165) is 22.0 Å². The molecule has 0 aliphatic heterocycles. The van der Waals surface area contributed by atoms with Crippen LogP contribution in [-0.4, -0.2) is 17.1 Å². The fourth-order valence-electron chi connectivity index (χ4n) is 2.43. The zero-order chi connectivity index (χ0) is 17.1. The first-order valence-corrected chi connectivity index (χ1v) is 7.88. The fourth-order valence-corrected chi connectivity index (χ4v) is 2.63. The van der Waals surface area contributed by atoms with Gasteiger partial charge in [0.05, 0.1) is 23.0 Å². The highest BCUT2D eigenvalue weighted by Gasteiger charge is 2.11. The van der Waals surface area contributed by atoms with E-state index in [9.17, 15) is 4.79 Å². The van der Waals surface area contributed by atoms with E-state index in [0.29, 0.717) is 16.3 Å². The van der Waals surface area contributed by atoms with Gasteiger partial charge in [0.15, 0.2) is 0 Å². The zero-order valence-corrected chi connectivity index (χ0v) is 14.1. The van der Waals surface area contributed by atoms with E-state index < -0.39 is 0 Å². The summed E-state index contributed by atoms with van der Waals surface area (Å²) in [5.74, 6) is -0.290. The number of pyridine rings is 1. The third-order valence-corrected chi connectivity index (χ3v) is 3.87. The molecule has 120 valence electrons. The summed E-state index contributed by atoms with van der Waals surface area (Å²) in [6.07, 6.45) is 1.55. The van der Waals surface area contributed by atoms with Gasteiger partial charge in [-0.3, -0.25) is 9.78 Å².